The Morgan fingerprint density at radius 1 is 1.36 bits per heavy atom. The highest BCUT2D eigenvalue weighted by atomic mass is 16.6. The van der Waals surface area contributed by atoms with Gasteiger partial charge in [0.2, 0.25) is 11.9 Å². The van der Waals surface area contributed by atoms with Crippen LogP contribution >= 0.6 is 0 Å². The minimum Gasteiger partial charge on any atom is -0.310 e. The molecule has 2 rings (SSSR count). The van der Waals surface area contributed by atoms with Crippen molar-refractivity contribution in [1.82, 2.24) is 9.78 Å². The first-order valence-electron chi connectivity index (χ1n) is 7.46. The van der Waals surface area contributed by atoms with E-state index in [1.165, 1.54) is 0 Å². The smallest absolute Gasteiger partial charge is 0.235 e. The molecule has 22 heavy (non-hydrogen) atoms. The summed E-state index contributed by atoms with van der Waals surface area (Å²) in [6.45, 7) is 12.2. The second-order valence-corrected chi connectivity index (χ2v) is 7.93. The number of nitro groups is 1. The highest BCUT2D eigenvalue weighted by molar-refractivity contribution is 5.94. The normalized spacial score (nSPS) is 21.5. The van der Waals surface area contributed by atoms with E-state index in [0.717, 1.165) is 5.69 Å². The van der Waals surface area contributed by atoms with Crippen molar-refractivity contribution in [3.63, 3.8) is 0 Å². The first kappa shape index (κ1) is 16.5. The molecule has 1 aliphatic carbocycles. The molecular weight excluding hydrogens is 284 g/mol. The predicted molar refractivity (Wildman–Crippen MR) is 83.4 cm³/mol. The Morgan fingerprint density at radius 3 is 2.36 bits per heavy atom. The Hall–Kier alpha value is -1.92. The van der Waals surface area contributed by atoms with Crippen molar-refractivity contribution in [2.45, 2.75) is 65.0 Å². The number of carbonyl (C=O) groups excluding carboxylic acids is 1. The molecule has 1 amide bonds. The zero-order valence-corrected chi connectivity index (χ0v) is 14.0. The number of hydrogen-bond acceptors (Lipinski definition) is 4. The summed E-state index contributed by atoms with van der Waals surface area (Å²) in [5, 5.41) is 18.1. The first-order chi connectivity index (χ1) is 9.91. The summed E-state index contributed by atoms with van der Waals surface area (Å²) < 4.78 is 1.77. The van der Waals surface area contributed by atoms with E-state index >= 15 is 0 Å². The molecule has 1 aliphatic rings. The lowest BCUT2D eigenvalue weighted by molar-refractivity contribution is -0.497. The first-order valence-corrected chi connectivity index (χ1v) is 7.46. The third-order valence-corrected chi connectivity index (χ3v) is 3.73. The van der Waals surface area contributed by atoms with Crippen molar-refractivity contribution in [3.8, 4) is 0 Å². The second-order valence-electron chi connectivity index (χ2n) is 7.93. The number of aromatic nitrogens is 2. The van der Waals surface area contributed by atoms with E-state index in [2.05, 4.69) is 31.2 Å². The molecule has 7 heteroatoms. The predicted octanol–water partition coefficient (Wildman–Crippen LogP) is 2.54. The SMILES string of the molecule is CC(C)(C)c1cc(NC(=O)[C@@H]2C[C@@H]2[N+](=O)[O-])n(C(C)(C)C)n1. The quantitative estimate of drug-likeness (QED) is 0.686. The van der Waals surface area contributed by atoms with Crippen molar-refractivity contribution in [2.24, 2.45) is 5.92 Å². The number of amides is 1. The zero-order valence-electron chi connectivity index (χ0n) is 14.0. The molecule has 0 saturated heterocycles. The lowest BCUT2D eigenvalue weighted by Crippen LogP contribution is -2.28. The zero-order chi connectivity index (χ0) is 16.9. The van der Waals surface area contributed by atoms with Crippen molar-refractivity contribution >= 4 is 11.7 Å². The number of rotatable bonds is 3. The number of carbonyl (C=O) groups is 1. The van der Waals surface area contributed by atoms with Crippen molar-refractivity contribution < 1.29 is 9.72 Å². The van der Waals surface area contributed by atoms with Crippen molar-refractivity contribution in [3.05, 3.63) is 21.9 Å². The Labute approximate surface area is 130 Å². The van der Waals surface area contributed by atoms with Crippen LogP contribution in [0.25, 0.3) is 0 Å². The highest BCUT2D eigenvalue weighted by Gasteiger charge is 2.53. The van der Waals surface area contributed by atoms with Gasteiger partial charge in [-0.25, -0.2) is 4.68 Å². The van der Waals surface area contributed by atoms with Crippen LogP contribution in [0.5, 0.6) is 0 Å². The standard InChI is InChI=1S/C15H24N4O3/c1-14(2,3)11-8-12(18(17-11)15(4,5)6)16-13(20)9-7-10(9)19(21)22/h8-10H,7H2,1-6H3,(H,16,20)/t9-,10+/m1/s1. The molecular formula is C15H24N4O3. The molecule has 0 radical (unpaired) electrons. The molecule has 7 nitrogen and oxygen atoms in total. The lowest BCUT2D eigenvalue weighted by atomic mass is 9.92. The molecule has 1 heterocycles. The van der Waals surface area contributed by atoms with Crippen LogP contribution in [0.1, 0.15) is 53.7 Å². The third-order valence-electron chi connectivity index (χ3n) is 3.73. The Morgan fingerprint density at radius 2 is 1.95 bits per heavy atom. The fraction of sp³-hybridized carbons (Fsp3) is 0.733. The van der Waals surface area contributed by atoms with Crippen molar-refractivity contribution in [1.29, 1.82) is 0 Å². The summed E-state index contributed by atoms with van der Waals surface area (Å²) in [6, 6.07) is 1.11. The summed E-state index contributed by atoms with van der Waals surface area (Å²) in [5.41, 5.74) is 0.441. The average Bonchev–Trinajstić information content (AvgIpc) is 3.01. The molecule has 0 aliphatic heterocycles. The van der Waals surface area contributed by atoms with E-state index in [0.29, 0.717) is 12.2 Å². The maximum Gasteiger partial charge on any atom is 0.235 e. The van der Waals surface area contributed by atoms with Gasteiger partial charge in [-0.2, -0.15) is 5.10 Å². The minimum atomic E-state index is -0.743. The molecule has 1 aromatic heterocycles. The van der Waals surface area contributed by atoms with Crippen LogP contribution in [0, 0.1) is 16.0 Å². The Kier molecular flexibility index (Phi) is 3.79. The van der Waals surface area contributed by atoms with Crippen LogP contribution in [-0.4, -0.2) is 26.7 Å². The average molecular weight is 308 g/mol. The van der Waals surface area contributed by atoms with Gasteiger partial charge in [-0.1, -0.05) is 20.8 Å². The van der Waals surface area contributed by atoms with Gasteiger partial charge in [0.25, 0.3) is 0 Å². The van der Waals surface area contributed by atoms with Crippen molar-refractivity contribution in [2.75, 3.05) is 5.32 Å². The summed E-state index contributed by atoms with van der Waals surface area (Å²) >= 11 is 0. The van der Waals surface area contributed by atoms with Crippen LogP contribution in [0.2, 0.25) is 0 Å². The van der Waals surface area contributed by atoms with E-state index in [4.69, 9.17) is 0 Å². The minimum absolute atomic E-state index is 0.140. The van der Waals surface area contributed by atoms with Gasteiger partial charge in [0, 0.05) is 22.8 Å². The monoisotopic (exact) mass is 308 g/mol. The van der Waals surface area contributed by atoms with Crippen LogP contribution in [-0.2, 0) is 15.7 Å². The Bertz CT molecular complexity index is 607. The van der Waals surface area contributed by atoms with Crippen LogP contribution in [0.3, 0.4) is 0 Å². The molecule has 0 aromatic carbocycles. The molecule has 122 valence electrons. The van der Waals surface area contributed by atoms with Gasteiger partial charge in [0.05, 0.1) is 11.2 Å². The second kappa shape index (κ2) is 5.07. The molecule has 1 fully saturated rings. The van der Waals surface area contributed by atoms with Crippen LogP contribution < -0.4 is 5.32 Å². The fourth-order valence-corrected chi connectivity index (χ4v) is 2.26. The molecule has 0 spiro atoms. The van der Waals surface area contributed by atoms with Gasteiger partial charge >= 0.3 is 0 Å². The van der Waals surface area contributed by atoms with Crippen LogP contribution in [0.15, 0.2) is 6.07 Å². The van der Waals surface area contributed by atoms with Gasteiger partial charge in [0.1, 0.15) is 11.7 Å². The summed E-state index contributed by atoms with van der Waals surface area (Å²) in [6.07, 6.45) is 0.314. The van der Waals surface area contributed by atoms with E-state index < -0.39 is 12.0 Å². The summed E-state index contributed by atoms with van der Waals surface area (Å²) in [7, 11) is 0. The van der Waals surface area contributed by atoms with Crippen LogP contribution in [0.4, 0.5) is 5.82 Å². The van der Waals surface area contributed by atoms with E-state index in [9.17, 15) is 14.9 Å². The van der Waals surface area contributed by atoms with Gasteiger partial charge in [0.15, 0.2) is 0 Å². The van der Waals surface area contributed by atoms with Gasteiger partial charge in [-0.15, -0.1) is 0 Å². The largest absolute Gasteiger partial charge is 0.310 e. The molecule has 0 bridgehead atoms. The van der Waals surface area contributed by atoms with Gasteiger partial charge in [-0.3, -0.25) is 14.9 Å². The third kappa shape index (κ3) is 3.28. The fourth-order valence-electron chi connectivity index (χ4n) is 2.26. The molecule has 0 unspecified atom stereocenters. The topological polar surface area (TPSA) is 90.1 Å². The molecule has 2 atom stereocenters. The molecule has 1 N–H and O–H groups in total. The van der Waals surface area contributed by atoms with E-state index in [-0.39, 0.29) is 21.8 Å². The number of nitrogens with zero attached hydrogens (tertiary/aromatic N) is 3. The Balaban J connectivity index is 2.25. The van der Waals surface area contributed by atoms with E-state index in [1.807, 2.05) is 26.8 Å². The summed E-state index contributed by atoms with van der Waals surface area (Å²) in [4.78, 5) is 22.5. The number of nitrogens with one attached hydrogen (secondary N) is 1. The lowest BCUT2D eigenvalue weighted by Gasteiger charge is -2.23. The number of anilines is 1. The maximum atomic E-state index is 12.2. The van der Waals surface area contributed by atoms with Gasteiger partial charge in [-0.05, 0) is 20.8 Å². The summed E-state index contributed by atoms with van der Waals surface area (Å²) in [5.74, 6) is -0.236. The maximum absolute atomic E-state index is 12.2. The van der Waals surface area contributed by atoms with Gasteiger partial charge < -0.3 is 5.32 Å². The van der Waals surface area contributed by atoms with E-state index in [1.54, 1.807) is 4.68 Å². The highest BCUT2D eigenvalue weighted by Crippen LogP contribution is 2.35. The number of hydrogen-bond donors (Lipinski definition) is 1. The molecule has 1 saturated carbocycles. The molecule has 1 aromatic rings.